The maximum Gasteiger partial charge on any atom is 0.255 e. The van der Waals surface area contributed by atoms with Gasteiger partial charge in [-0.15, -0.1) is 0 Å². The molecule has 2 atom stereocenters. The van der Waals surface area contributed by atoms with E-state index >= 15 is 0 Å². The lowest BCUT2D eigenvalue weighted by Gasteiger charge is -2.20. The van der Waals surface area contributed by atoms with E-state index in [-0.39, 0.29) is 17.5 Å². The Kier molecular flexibility index (Phi) is 5.85. The molecule has 0 aliphatic heterocycles. The Labute approximate surface area is 129 Å². The first-order chi connectivity index (χ1) is 10.2. The minimum atomic E-state index is -0.491. The molecule has 0 aromatic carbocycles. The van der Waals surface area contributed by atoms with Gasteiger partial charge in [0.2, 0.25) is 0 Å². The number of carbonyl (C=O) groups is 1. The van der Waals surface area contributed by atoms with Crippen LogP contribution in [0.2, 0.25) is 0 Å². The molecule has 1 fully saturated rings. The molecule has 1 amide bonds. The Morgan fingerprint density at radius 1 is 1.52 bits per heavy atom. The molecule has 1 aliphatic rings. The molecule has 1 aromatic rings. The van der Waals surface area contributed by atoms with Gasteiger partial charge in [0.15, 0.2) is 0 Å². The predicted molar refractivity (Wildman–Crippen MR) is 85.4 cm³/mol. The number of nitrogens with zero attached hydrogens (tertiary/aromatic N) is 1. The first kappa shape index (κ1) is 16.1. The van der Waals surface area contributed by atoms with E-state index < -0.39 is 5.82 Å². The summed E-state index contributed by atoms with van der Waals surface area (Å²) in [7, 11) is 0. The fraction of sp³-hybridized carbons (Fsp3) is 0.600. The molecule has 116 valence electrons. The van der Waals surface area contributed by atoms with E-state index in [2.05, 4.69) is 21.9 Å². The smallest absolute Gasteiger partial charge is 0.255 e. The first-order valence-electron chi connectivity index (χ1n) is 7.38. The second-order valence-corrected chi connectivity index (χ2v) is 6.34. The van der Waals surface area contributed by atoms with E-state index in [1.807, 2.05) is 6.92 Å². The molecular formula is C15H22FN3OS. The van der Waals surface area contributed by atoms with Gasteiger partial charge in [-0.25, -0.2) is 9.37 Å². The van der Waals surface area contributed by atoms with Gasteiger partial charge in [0, 0.05) is 17.8 Å². The van der Waals surface area contributed by atoms with Gasteiger partial charge in [0.1, 0.15) is 11.6 Å². The minimum absolute atomic E-state index is 0.162. The number of halogens is 1. The fourth-order valence-electron chi connectivity index (χ4n) is 2.62. The Balaban J connectivity index is 2.12. The van der Waals surface area contributed by atoms with Crippen LogP contribution in [0, 0.1) is 5.82 Å². The number of carbonyl (C=O) groups excluding carboxylic acids is 1. The zero-order chi connectivity index (χ0) is 15.2. The molecule has 1 saturated carbocycles. The van der Waals surface area contributed by atoms with Crippen molar-refractivity contribution < 1.29 is 9.18 Å². The second kappa shape index (κ2) is 7.64. The van der Waals surface area contributed by atoms with Crippen molar-refractivity contribution in [2.75, 3.05) is 18.1 Å². The summed E-state index contributed by atoms with van der Waals surface area (Å²) in [4.78, 5) is 16.4. The van der Waals surface area contributed by atoms with Gasteiger partial charge < -0.3 is 10.6 Å². The number of nitrogens with one attached hydrogen (secondary N) is 2. The average Bonchev–Trinajstić information content (AvgIpc) is 2.93. The molecule has 1 aromatic heterocycles. The van der Waals surface area contributed by atoms with Crippen LogP contribution in [0.15, 0.2) is 12.3 Å². The van der Waals surface area contributed by atoms with Crippen molar-refractivity contribution >= 4 is 23.5 Å². The van der Waals surface area contributed by atoms with Crippen molar-refractivity contribution in [1.82, 2.24) is 10.3 Å². The maximum absolute atomic E-state index is 13.4. The summed E-state index contributed by atoms with van der Waals surface area (Å²) < 4.78 is 13.4. The quantitative estimate of drug-likeness (QED) is 0.848. The van der Waals surface area contributed by atoms with E-state index in [1.165, 1.54) is 6.07 Å². The molecule has 2 unspecified atom stereocenters. The zero-order valence-electron chi connectivity index (χ0n) is 12.5. The number of thioether (sulfide) groups is 1. The highest BCUT2D eigenvalue weighted by molar-refractivity contribution is 7.99. The van der Waals surface area contributed by atoms with Crippen LogP contribution < -0.4 is 10.6 Å². The molecule has 0 saturated heterocycles. The van der Waals surface area contributed by atoms with Crippen LogP contribution in [0.25, 0.3) is 0 Å². The molecule has 0 spiro atoms. The molecule has 4 nitrogen and oxygen atoms in total. The van der Waals surface area contributed by atoms with Crippen molar-refractivity contribution in [3.05, 3.63) is 23.6 Å². The lowest BCUT2D eigenvalue weighted by molar-refractivity contribution is 0.0938. The number of amides is 1. The molecule has 0 bridgehead atoms. The lowest BCUT2D eigenvalue weighted by Crippen LogP contribution is -2.39. The number of pyridine rings is 1. The van der Waals surface area contributed by atoms with Gasteiger partial charge in [-0.05, 0) is 31.6 Å². The third kappa shape index (κ3) is 4.09. The van der Waals surface area contributed by atoms with Gasteiger partial charge in [-0.2, -0.15) is 11.8 Å². The Morgan fingerprint density at radius 3 is 3.05 bits per heavy atom. The third-order valence-electron chi connectivity index (χ3n) is 3.71. The molecule has 1 aliphatic carbocycles. The van der Waals surface area contributed by atoms with Crippen LogP contribution in [0.1, 0.15) is 43.0 Å². The largest absolute Gasteiger partial charge is 0.369 e. The predicted octanol–water partition coefficient (Wildman–Crippen LogP) is 3.06. The highest BCUT2D eigenvalue weighted by atomic mass is 32.2. The van der Waals surface area contributed by atoms with Crippen molar-refractivity contribution in [2.24, 2.45) is 0 Å². The van der Waals surface area contributed by atoms with Crippen molar-refractivity contribution in [1.29, 1.82) is 0 Å². The summed E-state index contributed by atoms with van der Waals surface area (Å²) in [5.41, 5.74) is 0.287. The van der Waals surface area contributed by atoms with Crippen LogP contribution in [0.5, 0.6) is 0 Å². The molecule has 6 heteroatoms. The molecular weight excluding hydrogens is 289 g/mol. The zero-order valence-corrected chi connectivity index (χ0v) is 13.3. The van der Waals surface area contributed by atoms with E-state index in [0.29, 0.717) is 17.6 Å². The van der Waals surface area contributed by atoms with Crippen molar-refractivity contribution in [2.45, 2.75) is 43.9 Å². The summed E-state index contributed by atoms with van der Waals surface area (Å²) in [5, 5.41) is 6.56. The lowest BCUT2D eigenvalue weighted by atomic mass is 10.2. The van der Waals surface area contributed by atoms with Crippen LogP contribution in [-0.2, 0) is 0 Å². The molecule has 21 heavy (non-hydrogen) atoms. The van der Waals surface area contributed by atoms with Gasteiger partial charge in [0.25, 0.3) is 5.91 Å². The van der Waals surface area contributed by atoms with E-state index in [0.717, 1.165) is 31.9 Å². The summed E-state index contributed by atoms with van der Waals surface area (Å²) >= 11 is 1.78. The third-order valence-corrected chi connectivity index (χ3v) is 4.88. The minimum Gasteiger partial charge on any atom is -0.369 e. The average molecular weight is 311 g/mol. The van der Waals surface area contributed by atoms with Gasteiger partial charge >= 0.3 is 0 Å². The van der Waals surface area contributed by atoms with Crippen LogP contribution >= 0.6 is 11.8 Å². The van der Waals surface area contributed by atoms with Crippen LogP contribution in [0.4, 0.5) is 10.2 Å². The van der Waals surface area contributed by atoms with Crippen molar-refractivity contribution in [3.63, 3.8) is 0 Å². The highest BCUT2D eigenvalue weighted by Crippen LogP contribution is 2.28. The Hall–Kier alpha value is -1.30. The number of anilines is 1. The second-order valence-electron chi connectivity index (χ2n) is 5.26. The first-order valence-corrected chi connectivity index (χ1v) is 8.67. The number of hydrogen-bond acceptors (Lipinski definition) is 4. The van der Waals surface area contributed by atoms with Crippen molar-refractivity contribution in [3.8, 4) is 0 Å². The standard InChI is InChI=1S/C15H22FN3OS/c1-3-7-17-14-11(8-10(16)9-18-14)15(20)19-12-5-4-6-13(12)21-2/h8-9,12-13H,3-7H2,1-2H3,(H,17,18)(H,19,20). The Morgan fingerprint density at radius 2 is 2.33 bits per heavy atom. The van der Waals surface area contributed by atoms with E-state index in [9.17, 15) is 9.18 Å². The Bertz CT molecular complexity index is 498. The van der Waals surface area contributed by atoms with Crippen LogP contribution in [-0.4, -0.2) is 35.0 Å². The summed E-state index contributed by atoms with van der Waals surface area (Å²) in [6.45, 7) is 2.73. The topological polar surface area (TPSA) is 54.0 Å². The molecule has 2 rings (SSSR count). The summed E-state index contributed by atoms with van der Waals surface area (Å²) in [6, 6.07) is 1.42. The van der Waals surface area contributed by atoms with Gasteiger partial charge in [-0.3, -0.25) is 4.79 Å². The normalized spacial score (nSPS) is 21.3. The number of hydrogen-bond donors (Lipinski definition) is 2. The summed E-state index contributed by atoms with van der Waals surface area (Å²) in [6.07, 6.45) is 7.34. The fourth-order valence-corrected chi connectivity index (χ4v) is 3.55. The molecule has 0 radical (unpaired) electrons. The molecule has 1 heterocycles. The van der Waals surface area contributed by atoms with E-state index in [1.54, 1.807) is 11.8 Å². The monoisotopic (exact) mass is 311 g/mol. The van der Waals surface area contributed by atoms with E-state index in [4.69, 9.17) is 0 Å². The van der Waals surface area contributed by atoms with Crippen LogP contribution in [0.3, 0.4) is 0 Å². The maximum atomic E-state index is 13.4. The number of rotatable bonds is 6. The number of aromatic nitrogens is 1. The van der Waals surface area contributed by atoms with Gasteiger partial charge in [-0.1, -0.05) is 13.3 Å². The highest BCUT2D eigenvalue weighted by Gasteiger charge is 2.28. The summed E-state index contributed by atoms with van der Waals surface area (Å²) in [5.74, 6) is -0.281. The van der Waals surface area contributed by atoms with Gasteiger partial charge in [0.05, 0.1) is 11.8 Å². The SMILES string of the molecule is CCCNc1ncc(F)cc1C(=O)NC1CCCC1SC. The molecule has 2 N–H and O–H groups in total.